The molecule has 112 valence electrons. The summed E-state index contributed by atoms with van der Waals surface area (Å²) in [4.78, 5) is 0. The number of rotatable bonds is 3. The second-order valence-electron chi connectivity index (χ2n) is 5.09. The van der Waals surface area contributed by atoms with Crippen LogP contribution in [0.25, 0.3) is 0 Å². The van der Waals surface area contributed by atoms with Crippen molar-refractivity contribution in [3.05, 3.63) is 65.7 Å². The van der Waals surface area contributed by atoms with Gasteiger partial charge in [0.25, 0.3) is 0 Å². The minimum atomic E-state index is 0.0416. The summed E-state index contributed by atoms with van der Waals surface area (Å²) in [5.41, 5.74) is 8.98. The first kappa shape index (κ1) is 14.5. The first-order chi connectivity index (χ1) is 10.7. The van der Waals surface area contributed by atoms with E-state index in [4.69, 9.17) is 22.7 Å². The maximum Gasteiger partial charge on any atom is 0.187 e. The Bertz CT molecular complexity index is 715. The molecule has 1 aliphatic heterocycles. The molecular weight excluding hydrogens is 294 g/mol. The molecule has 0 radical (unpaired) electrons. The topological polar surface area (TPSA) is 50.8 Å². The van der Waals surface area contributed by atoms with E-state index < -0.39 is 0 Å². The Labute approximate surface area is 135 Å². The largest absolute Gasteiger partial charge is 0.497 e. The average molecular weight is 311 g/mol. The maximum absolute atomic E-state index is 5.85. The number of benzene rings is 2. The molecule has 1 atom stereocenters. The van der Waals surface area contributed by atoms with Crippen molar-refractivity contribution in [1.82, 2.24) is 5.01 Å². The standard InChI is InChI=1S/C17H17N3OS/c1-21-14-9-5-8-13(10-14)15-11-16(20(19-15)17(18)22)12-6-3-2-4-7-12/h2-10,16H,11H2,1H3,(H2,18,22)/t16-/m1/s1. The Kier molecular flexibility index (Phi) is 4.06. The quantitative estimate of drug-likeness (QED) is 0.885. The fourth-order valence-corrected chi connectivity index (χ4v) is 2.79. The molecule has 0 unspecified atom stereocenters. The van der Waals surface area contributed by atoms with Crippen LogP contribution in [0.1, 0.15) is 23.6 Å². The molecule has 0 bridgehead atoms. The van der Waals surface area contributed by atoms with Gasteiger partial charge in [-0.3, -0.25) is 0 Å². The highest BCUT2D eigenvalue weighted by molar-refractivity contribution is 7.80. The molecule has 22 heavy (non-hydrogen) atoms. The molecule has 4 nitrogen and oxygen atoms in total. The molecule has 0 fully saturated rings. The second kappa shape index (κ2) is 6.15. The summed E-state index contributed by atoms with van der Waals surface area (Å²) in [5.74, 6) is 0.810. The highest BCUT2D eigenvalue weighted by atomic mass is 32.1. The van der Waals surface area contributed by atoms with Crippen molar-refractivity contribution in [1.29, 1.82) is 0 Å². The Morgan fingerprint density at radius 3 is 2.68 bits per heavy atom. The van der Waals surface area contributed by atoms with Crippen LogP contribution in [-0.4, -0.2) is 22.9 Å². The second-order valence-corrected chi connectivity index (χ2v) is 5.51. The third-order valence-electron chi connectivity index (χ3n) is 3.72. The molecule has 0 saturated carbocycles. The molecule has 0 aliphatic carbocycles. The van der Waals surface area contributed by atoms with Gasteiger partial charge in [0, 0.05) is 12.0 Å². The molecular formula is C17H17N3OS. The summed E-state index contributed by atoms with van der Waals surface area (Å²) in [6.07, 6.45) is 0.758. The Morgan fingerprint density at radius 2 is 2.00 bits per heavy atom. The Morgan fingerprint density at radius 1 is 1.23 bits per heavy atom. The lowest BCUT2D eigenvalue weighted by Gasteiger charge is -2.21. The van der Waals surface area contributed by atoms with Gasteiger partial charge in [0.05, 0.1) is 18.9 Å². The minimum Gasteiger partial charge on any atom is -0.497 e. The highest BCUT2D eigenvalue weighted by Gasteiger charge is 2.30. The zero-order valence-electron chi connectivity index (χ0n) is 12.3. The van der Waals surface area contributed by atoms with Crippen LogP contribution in [0, 0.1) is 0 Å². The first-order valence-electron chi connectivity index (χ1n) is 7.04. The number of hydrogen-bond donors (Lipinski definition) is 1. The molecule has 3 rings (SSSR count). The van der Waals surface area contributed by atoms with Gasteiger partial charge in [0.15, 0.2) is 5.11 Å². The maximum atomic E-state index is 5.85. The van der Waals surface area contributed by atoms with Gasteiger partial charge in [0.2, 0.25) is 0 Å². The van der Waals surface area contributed by atoms with Crippen molar-refractivity contribution in [3.8, 4) is 5.75 Å². The van der Waals surface area contributed by atoms with Gasteiger partial charge in [-0.05, 0) is 29.9 Å². The van der Waals surface area contributed by atoms with Crippen molar-refractivity contribution in [2.45, 2.75) is 12.5 Å². The molecule has 1 heterocycles. The normalized spacial score (nSPS) is 17.2. The lowest BCUT2D eigenvalue weighted by atomic mass is 9.98. The van der Waals surface area contributed by atoms with E-state index in [-0.39, 0.29) is 11.2 Å². The molecule has 1 aliphatic rings. The van der Waals surface area contributed by atoms with E-state index in [2.05, 4.69) is 17.2 Å². The van der Waals surface area contributed by atoms with E-state index in [1.54, 1.807) is 12.1 Å². The smallest absolute Gasteiger partial charge is 0.187 e. The van der Waals surface area contributed by atoms with E-state index in [9.17, 15) is 0 Å². The van der Waals surface area contributed by atoms with Gasteiger partial charge in [-0.2, -0.15) is 5.10 Å². The zero-order valence-corrected chi connectivity index (χ0v) is 13.1. The van der Waals surface area contributed by atoms with Crippen LogP contribution in [0.4, 0.5) is 0 Å². The average Bonchev–Trinajstić information content (AvgIpc) is 3.01. The van der Waals surface area contributed by atoms with Gasteiger partial charge in [-0.15, -0.1) is 0 Å². The summed E-state index contributed by atoms with van der Waals surface area (Å²) in [6.45, 7) is 0. The van der Waals surface area contributed by atoms with Gasteiger partial charge in [-0.25, -0.2) is 5.01 Å². The zero-order chi connectivity index (χ0) is 15.5. The Hall–Kier alpha value is -2.40. The molecule has 2 aromatic rings. The lowest BCUT2D eigenvalue weighted by molar-refractivity contribution is 0.373. The summed E-state index contributed by atoms with van der Waals surface area (Å²) in [7, 11) is 1.66. The van der Waals surface area contributed by atoms with E-state index >= 15 is 0 Å². The number of hydrogen-bond acceptors (Lipinski definition) is 3. The monoisotopic (exact) mass is 311 g/mol. The van der Waals surface area contributed by atoms with Crippen LogP contribution in [0.3, 0.4) is 0 Å². The first-order valence-corrected chi connectivity index (χ1v) is 7.45. The van der Waals surface area contributed by atoms with Crippen molar-refractivity contribution >= 4 is 23.0 Å². The molecule has 0 spiro atoms. The van der Waals surface area contributed by atoms with Crippen LogP contribution >= 0.6 is 12.2 Å². The van der Waals surface area contributed by atoms with Crippen LogP contribution in [-0.2, 0) is 0 Å². The van der Waals surface area contributed by atoms with E-state index in [0.717, 1.165) is 29.0 Å². The number of nitrogens with two attached hydrogens (primary N) is 1. The molecule has 2 aromatic carbocycles. The fraction of sp³-hybridized carbons (Fsp3) is 0.176. The van der Waals surface area contributed by atoms with Crippen LogP contribution in [0.5, 0.6) is 5.75 Å². The third-order valence-corrected chi connectivity index (χ3v) is 3.91. The molecule has 0 amide bonds. The lowest BCUT2D eigenvalue weighted by Crippen LogP contribution is -2.31. The number of nitrogens with zero attached hydrogens (tertiary/aromatic N) is 2. The number of thiocarbonyl (C=S) groups is 1. The summed E-state index contributed by atoms with van der Waals surface area (Å²) >= 11 is 5.16. The predicted molar refractivity (Wildman–Crippen MR) is 92.0 cm³/mol. The minimum absolute atomic E-state index is 0.0416. The summed E-state index contributed by atoms with van der Waals surface area (Å²) in [5, 5.41) is 6.62. The van der Waals surface area contributed by atoms with E-state index in [1.165, 1.54) is 0 Å². The van der Waals surface area contributed by atoms with Crippen LogP contribution < -0.4 is 10.5 Å². The van der Waals surface area contributed by atoms with Crippen molar-refractivity contribution in [2.24, 2.45) is 10.8 Å². The molecule has 0 saturated heterocycles. The van der Waals surface area contributed by atoms with E-state index in [1.807, 2.05) is 42.5 Å². The fourth-order valence-electron chi connectivity index (χ4n) is 2.63. The van der Waals surface area contributed by atoms with Crippen LogP contribution in [0.15, 0.2) is 59.7 Å². The molecule has 2 N–H and O–H groups in total. The van der Waals surface area contributed by atoms with Gasteiger partial charge in [-0.1, -0.05) is 42.5 Å². The van der Waals surface area contributed by atoms with Crippen molar-refractivity contribution in [2.75, 3.05) is 7.11 Å². The predicted octanol–water partition coefficient (Wildman–Crippen LogP) is 3.09. The number of hydrazone groups is 1. The SMILES string of the molecule is COc1cccc(C2=NN(C(N)=S)[C@@H](c3ccccc3)C2)c1. The van der Waals surface area contributed by atoms with E-state index in [0.29, 0.717) is 0 Å². The number of methoxy groups -OCH3 is 1. The molecule has 0 aromatic heterocycles. The highest BCUT2D eigenvalue weighted by Crippen LogP contribution is 2.32. The third kappa shape index (κ3) is 2.80. The van der Waals surface area contributed by atoms with Gasteiger partial charge < -0.3 is 10.5 Å². The molecule has 5 heteroatoms. The Balaban J connectivity index is 1.94. The summed E-state index contributed by atoms with van der Waals surface area (Å²) < 4.78 is 5.28. The van der Waals surface area contributed by atoms with Crippen LogP contribution in [0.2, 0.25) is 0 Å². The van der Waals surface area contributed by atoms with Gasteiger partial charge >= 0.3 is 0 Å². The number of ether oxygens (including phenoxy) is 1. The van der Waals surface area contributed by atoms with Crippen molar-refractivity contribution < 1.29 is 4.74 Å². The van der Waals surface area contributed by atoms with Crippen molar-refractivity contribution in [3.63, 3.8) is 0 Å². The van der Waals surface area contributed by atoms with Gasteiger partial charge in [0.1, 0.15) is 5.75 Å². The summed E-state index contributed by atoms with van der Waals surface area (Å²) in [6, 6.07) is 18.1.